The van der Waals surface area contributed by atoms with Gasteiger partial charge in [0, 0.05) is 6.54 Å². The van der Waals surface area contributed by atoms with Crippen molar-refractivity contribution in [3.05, 3.63) is 41.0 Å². The average Bonchev–Trinajstić information content (AvgIpc) is 2.25. The van der Waals surface area contributed by atoms with Gasteiger partial charge in [-0.3, -0.25) is 0 Å². The van der Waals surface area contributed by atoms with Gasteiger partial charge in [-0.05, 0) is 67.5 Å². The zero-order valence-corrected chi connectivity index (χ0v) is 12.0. The van der Waals surface area contributed by atoms with E-state index >= 15 is 0 Å². The van der Waals surface area contributed by atoms with Gasteiger partial charge in [0.2, 0.25) is 0 Å². The van der Waals surface area contributed by atoms with Crippen LogP contribution < -0.4 is 5.32 Å². The van der Waals surface area contributed by atoms with Crippen molar-refractivity contribution in [1.29, 1.82) is 0 Å². The van der Waals surface area contributed by atoms with Gasteiger partial charge in [-0.1, -0.05) is 31.6 Å². The maximum atomic E-state index is 4.10. The summed E-state index contributed by atoms with van der Waals surface area (Å²) in [4.78, 5) is 0. The second-order valence-electron chi connectivity index (χ2n) is 5.55. The minimum atomic E-state index is 0.802. The van der Waals surface area contributed by atoms with E-state index < -0.39 is 0 Å². The number of nitrogens with one attached hydrogen (secondary N) is 1. The number of allylic oxidation sites excluding steroid dienone is 1. The molecule has 1 nitrogen and oxygen atoms in total. The van der Waals surface area contributed by atoms with Crippen LogP contribution in [0.2, 0.25) is 0 Å². The van der Waals surface area contributed by atoms with E-state index in [1.54, 1.807) is 5.56 Å². The molecule has 0 saturated heterocycles. The highest BCUT2D eigenvalue weighted by molar-refractivity contribution is 5.66. The summed E-state index contributed by atoms with van der Waals surface area (Å²) in [6.45, 7) is 12.6. The van der Waals surface area contributed by atoms with Crippen LogP contribution in [0.5, 0.6) is 0 Å². The second-order valence-corrected chi connectivity index (χ2v) is 5.55. The summed E-state index contributed by atoms with van der Waals surface area (Å²) < 4.78 is 0. The fourth-order valence-corrected chi connectivity index (χ4v) is 2.75. The lowest BCUT2D eigenvalue weighted by Crippen LogP contribution is -2.18. The fourth-order valence-electron chi connectivity index (χ4n) is 2.75. The van der Waals surface area contributed by atoms with Gasteiger partial charge in [-0.15, -0.1) is 0 Å². The number of hydrogen-bond acceptors (Lipinski definition) is 1. The summed E-state index contributed by atoms with van der Waals surface area (Å²) in [5.74, 6) is 0.802. The Morgan fingerprint density at radius 1 is 1.39 bits per heavy atom. The normalized spacial score (nSPS) is 15.5. The van der Waals surface area contributed by atoms with Crippen LogP contribution in [0.3, 0.4) is 0 Å². The SMILES string of the molecule is C=C(C)c1cc(CNCC)c(C2CCC2)cc1C. The molecule has 0 aromatic heterocycles. The standard InChI is InChI=1S/C17H25N/c1-5-18-11-15-10-16(12(2)3)13(4)9-17(15)14-7-6-8-14/h9-10,14,18H,2,5-8,11H2,1,3-4H3. The van der Waals surface area contributed by atoms with Gasteiger partial charge in [0.05, 0.1) is 0 Å². The van der Waals surface area contributed by atoms with Gasteiger partial charge in [-0.25, -0.2) is 0 Å². The fraction of sp³-hybridized carbons (Fsp3) is 0.529. The highest BCUT2D eigenvalue weighted by Gasteiger charge is 2.22. The van der Waals surface area contributed by atoms with E-state index in [1.807, 2.05) is 0 Å². The summed E-state index contributed by atoms with van der Waals surface area (Å²) in [6, 6.07) is 4.76. The third-order valence-corrected chi connectivity index (χ3v) is 4.06. The van der Waals surface area contributed by atoms with Crippen LogP contribution in [0.1, 0.15) is 61.3 Å². The number of benzene rings is 1. The Kier molecular flexibility index (Phi) is 4.23. The first-order valence-corrected chi connectivity index (χ1v) is 7.13. The van der Waals surface area contributed by atoms with Gasteiger partial charge in [0.1, 0.15) is 0 Å². The predicted molar refractivity (Wildman–Crippen MR) is 79.9 cm³/mol. The molecule has 1 aromatic rings. The van der Waals surface area contributed by atoms with Crippen LogP contribution in [0.15, 0.2) is 18.7 Å². The second kappa shape index (κ2) is 5.71. The van der Waals surface area contributed by atoms with Crippen molar-refractivity contribution in [2.45, 2.75) is 52.5 Å². The lowest BCUT2D eigenvalue weighted by molar-refractivity contribution is 0.416. The quantitative estimate of drug-likeness (QED) is 0.808. The molecule has 0 unspecified atom stereocenters. The predicted octanol–water partition coefficient (Wildman–Crippen LogP) is 4.41. The van der Waals surface area contributed by atoms with Crippen LogP contribution in [0.4, 0.5) is 0 Å². The average molecular weight is 243 g/mol. The van der Waals surface area contributed by atoms with E-state index in [1.165, 1.54) is 41.5 Å². The smallest absolute Gasteiger partial charge is 0.0208 e. The van der Waals surface area contributed by atoms with E-state index in [4.69, 9.17) is 0 Å². The molecule has 1 N–H and O–H groups in total. The van der Waals surface area contributed by atoms with Crippen molar-refractivity contribution < 1.29 is 0 Å². The molecule has 0 bridgehead atoms. The zero-order valence-electron chi connectivity index (χ0n) is 12.0. The van der Waals surface area contributed by atoms with Gasteiger partial charge in [0.25, 0.3) is 0 Å². The van der Waals surface area contributed by atoms with Gasteiger partial charge < -0.3 is 5.32 Å². The molecule has 0 atom stereocenters. The minimum absolute atomic E-state index is 0.802. The lowest BCUT2D eigenvalue weighted by Gasteiger charge is -2.29. The van der Waals surface area contributed by atoms with Crippen LogP contribution >= 0.6 is 0 Å². The molecule has 0 spiro atoms. The Balaban J connectivity index is 2.36. The zero-order chi connectivity index (χ0) is 13.1. The largest absolute Gasteiger partial charge is 0.313 e. The summed E-state index contributed by atoms with van der Waals surface area (Å²) in [6.07, 6.45) is 4.13. The first kappa shape index (κ1) is 13.4. The Morgan fingerprint density at radius 3 is 2.61 bits per heavy atom. The summed E-state index contributed by atoms with van der Waals surface area (Å²) in [7, 11) is 0. The number of aryl methyl sites for hydroxylation is 1. The number of rotatable bonds is 5. The van der Waals surface area contributed by atoms with Gasteiger partial charge in [-0.2, -0.15) is 0 Å². The molecular formula is C17H25N. The first-order valence-electron chi connectivity index (χ1n) is 7.13. The van der Waals surface area contributed by atoms with Crippen LogP contribution in [0.25, 0.3) is 5.57 Å². The van der Waals surface area contributed by atoms with Gasteiger partial charge in [0.15, 0.2) is 0 Å². The third kappa shape index (κ3) is 2.67. The summed E-state index contributed by atoms with van der Waals surface area (Å²) >= 11 is 0. The van der Waals surface area contributed by atoms with E-state index in [2.05, 4.69) is 44.8 Å². The molecule has 1 aliphatic rings. The molecule has 2 rings (SSSR count). The van der Waals surface area contributed by atoms with E-state index in [0.717, 1.165) is 19.0 Å². The van der Waals surface area contributed by atoms with Crippen LogP contribution in [0, 0.1) is 6.92 Å². The first-order chi connectivity index (χ1) is 8.63. The molecule has 1 heteroatoms. The van der Waals surface area contributed by atoms with Crippen molar-refractivity contribution in [2.75, 3.05) is 6.54 Å². The molecule has 1 fully saturated rings. The summed E-state index contributed by atoms with van der Waals surface area (Å²) in [5, 5.41) is 3.46. The molecule has 1 saturated carbocycles. The molecule has 18 heavy (non-hydrogen) atoms. The Hall–Kier alpha value is -1.08. The highest BCUT2D eigenvalue weighted by atomic mass is 14.8. The van der Waals surface area contributed by atoms with Crippen LogP contribution in [-0.4, -0.2) is 6.54 Å². The molecule has 0 heterocycles. The Labute approximate surface area is 111 Å². The van der Waals surface area contributed by atoms with Crippen molar-refractivity contribution in [3.63, 3.8) is 0 Å². The topological polar surface area (TPSA) is 12.0 Å². The van der Waals surface area contributed by atoms with Crippen molar-refractivity contribution in [3.8, 4) is 0 Å². The Bertz CT molecular complexity index is 441. The molecule has 0 amide bonds. The maximum absolute atomic E-state index is 4.10. The van der Waals surface area contributed by atoms with Crippen molar-refractivity contribution in [1.82, 2.24) is 5.32 Å². The molecule has 1 aromatic carbocycles. The summed E-state index contributed by atoms with van der Waals surface area (Å²) in [5.41, 5.74) is 6.93. The monoisotopic (exact) mass is 243 g/mol. The molecular weight excluding hydrogens is 218 g/mol. The van der Waals surface area contributed by atoms with Gasteiger partial charge >= 0.3 is 0 Å². The third-order valence-electron chi connectivity index (χ3n) is 4.06. The minimum Gasteiger partial charge on any atom is -0.313 e. The Morgan fingerprint density at radius 2 is 2.11 bits per heavy atom. The number of hydrogen-bond donors (Lipinski definition) is 1. The highest BCUT2D eigenvalue weighted by Crippen LogP contribution is 2.39. The van der Waals surface area contributed by atoms with E-state index in [-0.39, 0.29) is 0 Å². The molecule has 0 radical (unpaired) electrons. The molecule has 1 aliphatic carbocycles. The lowest BCUT2D eigenvalue weighted by atomic mass is 9.77. The molecule has 98 valence electrons. The maximum Gasteiger partial charge on any atom is 0.0208 e. The van der Waals surface area contributed by atoms with Crippen molar-refractivity contribution in [2.24, 2.45) is 0 Å². The van der Waals surface area contributed by atoms with Crippen molar-refractivity contribution >= 4 is 5.57 Å². The molecule has 0 aliphatic heterocycles. The van der Waals surface area contributed by atoms with E-state index in [9.17, 15) is 0 Å². The van der Waals surface area contributed by atoms with E-state index in [0.29, 0.717) is 0 Å². The van der Waals surface area contributed by atoms with Crippen LogP contribution in [-0.2, 0) is 6.54 Å².